The number of ether oxygens (including phenoxy) is 1. The van der Waals surface area contributed by atoms with E-state index >= 15 is 0 Å². The molecule has 0 spiro atoms. The molecule has 0 N–H and O–H groups in total. The second-order valence-corrected chi connectivity index (χ2v) is 4.60. The highest BCUT2D eigenvalue weighted by Crippen LogP contribution is 2.19. The van der Waals surface area contributed by atoms with E-state index in [1.54, 1.807) is 25.1 Å². The Balaban J connectivity index is 2.27. The van der Waals surface area contributed by atoms with E-state index in [2.05, 4.69) is 15.9 Å². The molecule has 1 aromatic heterocycles. The van der Waals surface area contributed by atoms with Crippen molar-refractivity contribution in [2.75, 3.05) is 6.61 Å². The van der Waals surface area contributed by atoms with Crippen LogP contribution in [0.2, 0.25) is 0 Å². The predicted molar refractivity (Wildman–Crippen MR) is 69.4 cm³/mol. The van der Waals surface area contributed by atoms with Crippen LogP contribution >= 0.6 is 15.9 Å². The molecule has 1 aromatic carbocycles. The van der Waals surface area contributed by atoms with Gasteiger partial charge in [0.2, 0.25) is 0 Å². The zero-order chi connectivity index (χ0) is 13.1. The van der Waals surface area contributed by atoms with Gasteiger partial charge < -0.3 is 9.15 Å². The molecule has 0 unspecified atom stereocenters. The number of aromatic nitrogens is 1. The molecule has 18 heavy (non-hydrogen) atoms. The summed E-state index contributed by atoms with van der Waals surface area (Å²) in [7, 11) is 0. The lowest BCUT2D eigenvalue weighted by molar-refractivity contribution is -0.143. The first kappa shape index (κ1) is 12.9. The maximum atomic E-state index is 11.6. The number of nitrogens with zero attached hydrogens (tertiary/aromatic N) is 1. The van der Waals surface area contributed by atoms with Crippen molar-refractivity contribution in [3.63, 3.8) is 0 Å². The number of fused-ring (bicyclic) bond motifs is 1. The first-order valence-electron chi connectivity index (χ1n) is 5.56. The number of halogens is 1. The lowest BCUT2D eigenvalue weighted by Gasteiger charge is -2.02. The Bertz CT molecular complexity index is 629. The summed E-state index contributed by atoms with van der Waals surface area (Å²) in [5.41, 5.74) is 1.17. The van der Waals surface area contributed by atoms with Crippen LogP contribution in [0.1, 0.15) is 13.3 Å². The van der Waals surface area contributed by atoms with Crippen molar-refractivity contribution in [3.05, 3.63) is 33.2 Å². The van der Waals surface area contributed by atoms with Gasteiger partial charge in [-0.25, -0.2) is 4.79 Å². The highest BCUT2D eigenvalue weighted by molar-refractivity contribution is 9.10. The number of aryl methyl sites for hydroxylation is 1. The van der Waals surface area contributed by atoms with Gasteiger partial charge in [-0.3, -0.25) is 9.36 Å². The van der Waals surface area contributed by atoms with Crippen LogP contribution in [-0.4, -0.2) is 17.1 Å². The summed E-state index contributed by atoms with van der Waals surface area (Å²) in [5.74, 6) is -0.791. The zero-order valence-electron chi connectivity index (χ0n) is 9.81. The molecule has 0 saturated heterocycles. The van der Waals surface area contributed by atoms with Crippen LogP contribution < -0.4 is 5.76 Å². The summed E-state index contributed by atoms with van der Waals surface area (Å²) in [5, 5.41) is 0. The van der Waals surface area contributed by atoms with Crippen LogP contribution in [0.4, 0.5) is 0 Å². The average molecular weight is 314 g/mol. The highest BCUT2D eigenvalue weighted by atomic mass is 79.9. The topological polar surface area (TPSA) is 61.4 Å². The van der Waals surface area contributed by atoms with E-state index in [0.29, 0.717) is 17.7 Å². The van der Waals surface area contributed by atoms with E-state index < -0.39 is 5.76 Å². The summed E-state index contributed by atoms with van der Waals surface area (Å²) >= 11 is 3.33. The number of carbonyl (C=O) groups is 1. The number of benzene rings is 1. The molecule has 0 aliphatic heterocycles. The van der Waals surface area contributed by atoms with E-state index in [1.807, 2.05) is 0 Å². The average Bonchev–Trinajstić information content (AvgIpc) is 2.62. The molecule has 0 aliphatic carbocycles. The number of carbonyl (C=O) groups excluding carboxylic acids is 1. The number of esters is 1. The number of oxazole rings is 1. The second kappa shape index (κ2) is 5.39. The number of rotatable bonds is 4. The second-order valence-electron chi connectivity index (χ2n) is 3.69. The van der Waals surface area contributed by atoms with Crippen LogP contribution in [0.3, 0.4) is 0 Å². The van der Waals surface area contributed by atoms with E-state index in [0.717, 1.165) is 4.47 Å². The first-order valence-corrected chi connectivity index (χ1v) is 6.35. The summed E-state index contributed by atoms with van der Waals surface area (Å²) in [6, 6.07) is 5.29. The molecule has 0 fully saturated rings. The van der Waals surface area contributed by atoms with Gasteiger partial charge in [0.25, 0.3) is 0 Å². The highest BCUT2D eigenvalue weighted by Gasteiger charge is 2.11. The lowest BCUT2D eigenvalue weighted by Crippen LogP contribution is -2.17. The molecule has 0 saturated carbocycles. The normalized spacial score (nSPS) is 10.8. The van der Waals surface area contributed by atoms with Gasteiger partial charge >= 0.3 is 11.7 Å². The molecule has 0 radical (unpaired) electrons. The van der Waals surface area contributed by atoms with Crippen LogP contribution in [0.5, 0.6) is 0 Å². The Hall–Kier alpha value is -1.56. The van der Waals surface area contributed by atoms with Gasteiger partial charge in [0.1, 0.15) is 0 Å². The minimum Gasteiger partial charge on any atom is -0.466 e. The molecule has 0 amide bonds. The van der Waals surface area contributed by atoms with Crippen molar-refractivity contribution in [2.24, 2.45) is 0 Å². The Kier molecular flexibility index (Phi) is 3.86. The van der Waals surface area contributed by atoms with E-state index in [4.69, 9.17) is 9.15 Å². The minimum atomic E-state index is -0.465. The largest absolute Gasteiger partial charge is 0.466 e. The third kappa shape index (κ3) is 2.64. The predicted octanol–water partition coefficient (Wildman–Crippen LogP) is 2.31. The third-order valence-electron chi connectivity index (χ3n) is 2.47. The molecule has 1 heterocycles. The molecule has 6 heteroatoms. The SMILES string of the molecule is CCOC(=O)CCn1c(=O)oc2ccc(Br)cc21. The van der Waals surface area contributed by atoms with E-state index in [1.165, 1.54) is 4.57 Å². The van der Waals surface area contributed by atoms with E-state index in [9.17, 15) is 9.59 Å². The summed E-state index contributed by atoms with van der Waals surface area (Å²) in [4.78, 5) is 22.9. The van der Waals surface area contributed by atoms with Crippen LogP contribution in [0.25, 0.3) is 11.1 Å². The molecule has 5 nitrogen and oxygen atoms in total. The van der Waals surface area contributed by atoms with Gasteiger partial charge in [0.05, 0.1) is 18.5 Å². The van der Waals surface area contributed by atoms with Gasteiger partial charge in [-0.15, -0.1) is 0 Å². The Labute approximate surface area is 111 Å². The number of hydrogen-bond acceptors (Lipinski definition) is 4. The van der Waals surface area contributed by atoms with Crippen molar-refractivity contribution in [1.82, 2.24) is 4.57 Å². The van der Waals surface area contributed by atoms with Crippen molar-refractivity contribution < 1.29 is 13.9 Å². The fourth-order valence-electron chi connectivity index (χ4n) is 1.68. The molecular formula is C12H12BrNO4. The summed E-state index contributed by atoms with van der Waals surface area (Å²) in [6.07, 6.45) is 0.148. The van der Waals surface area contributed by atoms with Gasteiger partial charge in [0, 0.05) is 11.0 Å². The van der Waals surface area contributed by atoms with E-state index in [-0.39, 0.29) is 18.9 Å². The molecule has 0 bridgehead atoms. The Morgan fingerprint density at radius 3 is 3.00 bits per heavy atom. The Morgan fingerprint density at radius 2 is 2.28 bits per heavy atom. The van der Waals surface area contributed by atoms with Crippen molar-refractivity contribution in [3.8, 4) is 0 Å². The smallest absolute Gasteiger partial charge is 0.419 e. The van der Waals surface area contributed by atoms with Gasteiger partial charge in [0.15, 0.2) is 5.58 Å². The quantitative estimate of drug-likeness (QED) is 0.813. The van der Waals surface area contributed by atoms with Crippen molar-refractivity contribution in [1.29, 1.82) is 0 Å². The molecule has 96 valence electrons. The standard InChI is InChI=1S/C12H12BrNO4/c1-2-17-11(15)5-6-14-9-7-8(13)3-4-10(9)18-12(14)16/h3-4,7H,2,5-6H2,1H3. The third-order valence-corrected chi connectivity index (χ3v) is 2.97. The van der Waals surface area contributed by atoms with Crippen LogP contribution in [0.15, 0.2) is 31.9 Å². The van der Waals surface area contributed by atoms with Gasteiger partial charge in [-0.1, -0.05) is 15.9 Å². The van der Waals surface area contributed by atoms with Crippen LogP contribution in [0, 0.1) is 0 Å². The fourth-order valence-corrected chi connectivity index (χ4v) is 2.03. The molecule has 2 rings (SSSR count). The fraction of sp³-hybridized carbons (Fsp3) is 0.333. The molecule has 2 aromatic rings. The molecular weight excluding hydrogens is 302 g/mol. The zero-order valence-corrected chi connectivity index (χ0v) is 11.4. The van der Waals surface area contributed by atoms with Crippen molar-refractivity contribution >= 4 is 33.0 Å². The maximum absolute atomic E-state index is 11.6. The van der Waals surface area contributed by atoms with Gasteiger partial charge in [-0.2, -0.15) is 0 Å². The maximum Gasteiger partial charge on any atom is 0.419 e. The van der Waals surface area contributed by atoms with Gasteiger partial charge in [-0.05, 0) is 25.1 Å². The minimum absolute atomic E-state index is 0.148. The monoisotopic (exact) mass is 313 g/mol. The summed E-state index contributed by atoms with van der Waals surface area (Å²) in [6.45, 7) is 2.33. The Morgan fingerprint density at radius 1 is 1.50 bits per heavy atom. The molecule has 0 aliphatic rings. The molecule has 0 atom stereocenters. The summed E-state index contributed by atoms with van der Waals surface area (Å²) < 4.78 is 12.2. The van der Waals surface area contributed by atoms with Crippen molar-refractivity contribution in [2.45, 2.75) is 19.9 Å². The van der Waals surface area contributed by atoms with Crippen LogP contribution in [-0.2, 0) is 16.1 Å². The lowest BCUT2D eigenvalue weighted by atomic mass is 10.3. The first-order chi connectivity index (χ1) is 8.61. The number of hydrogen-bond donors (Lipinski definition) is 0.